The molecule has 0 amide bonds. The van der Waals surface area contributed by atoms with Crippen molar-refractivity contribution >= 4 is 5.69 Å². The fourth-order valence-electron chi connectivity index (χ4n) is 2.73. The Kier molecular flexibility index (Phi) is 5.25. The molecule has 1 heterocycles. The molecular formula is C15H22FN3O2. The predicted molar refractivity (Wildman–Crippen MR) is 79.6 cm³/mol. The molecule has 1 fully saturated rings. The van der Waals surface area contributed by atoms with Gasteiger partial charge in [-0.05, 0) is 50.9 Å². The van der Waals surface area contributed by atoms with E-state index in [4.69, 9.17) is 0 Å². The van der Waals surface area contributed by atoms with Crippen molar-refractivity contribution in [3.05, 3.63) is 39.7 Å². The molecule has 0 radical (unpaired) electrons. The molecule has 0 aromatic heterocycles. The maximum absolute atomic E-state index is 13.5. The molecule has 21 heavy (non-hydrogen) atoms. The maximum Gasteiger partial charge on any atom is 0.304 e. The fourth-order valence-corrected chi connectivity index (χ4v) is 2.73. The Morgan fingerprint density at radius 3 is 2.86 bits per heavy atom. The van der Waals surface area contributed by atoms with Gasteiger partial charge in [-0.15, -0.1) is 0 Å². The minimum atomic E-state index is -0.772. The number of hydrogen-bond donors (Lipinski definition) is 1. The van der Waals surface area contributed by atoms with Crippen LogP contribution >= 0.6 is 0 Å². The molecule has 1 aliphatic heterocycles. The van der Waals surface area contributed by atoms with E-state index in [-0.39, 0.29) is 0 Å². The lowest BCUT2D eigenvalue weighted by Crippen LogP contribution is -2.30. The predicted octanol–water partition coefficient (Wildman–Crippen LogP) is 2.55. The normalized spacial score (nSPS) is 19.3. The van der Waals surface area contributed by atoms with E-state index in [1.54, 1.807) is 6.07 Å². The van der Waals surface area contributed by atoms with Gasteiger partial charge in [-0.25, -0.2) is 0 Å². The molecule has 1 saturated heterocycles. The lowest BCUT2D eigenvalue weighted by atomic mass is 10.1. The minimum Gasteiger partial charge on any atom is -0.312 e. The second-order valence-electron chi connectivity index (χ2n) is 5.92. The van der Waals surface area contributed by atoms with E-state index in [9.17, 15) is 14.5 Å². The van der Waals surface area contributed by atoms with Crippen molar-refractivity contribution in [2.45, 2.75) is 32.9 Å². The summed E-state index contributed by atoms with van der Waals surface area (Å²) in [7, 11) is 0. The molecule has 1 unspecified atom stereocenters. The van der Waals surface area contributed by atoms with Crippen LogP contribution in [0.2, 0.25) is 0 Å². The van der Waals surface area contributed by atoms with Crippen LogP contribution in [0.1, 0.15) is 25.8 Å². The zero-order valence-corrected chi connectivity index (χ0v) is 12.5. The zero-order valence-electron chi connectivity index (χ0n) is 12.5. The second kappa shape index (κ2) is 6.95. The summed E-state index contributed by atoms with van der Waals surface area (Å²) >= 11 is 0. The topological polar surface area (TPSA) is 58.4 Å². The molecule has 1 N–H and O–H groups in total. The first-order valence-corrected chi connectivity index (χ1v) is 7.35. The van der Waals surface area contributed by atoms with Gasteiger partial charge in [0.15, 0.2) is 0 Å². The van der Waals surface area contributed by atoms with Crippen LogP contribution in [0.15, 0.2) is 18.2 Å². The molecule has 0 spiro atoms. The van der Waals surface area contributed by atoms with Crippen molar-refractivity contribution in [3.63, 3.8) is 0 Å². The van der Waals surface area contributed by atoms with Gasteiger partial charge in [0.1, 0.15) is 0 Å². The highest BCUT2D eigenvalue weighted by molar-refractivity contribution is 5.34. The van der Waals surface area contributed by atoms with E-state index in [1.165, 1.54) is 18.6 Å². The van der Waals surface area contributed by atoms with Crippen molar-refractivity contribution in [2.24, 2.45) is 5.92 Å². The number of rotatable bonds is 6. The van der Waals surface area contributed by atoms with Gasteiger partial charge in [0, 0.05) is 25.2 Å². The van der Waals surface area contributed by atoms with Crippen LogP contribution in [0.5, 0.6) is 0 Å². The smallest absolute Gasteiger partial charge is 0.304 e. The fraction of sp³-hybridized carbons (Fsp3) is 0.600. The summed E-state index contributed by atoms with van der Waals surface area (Å²) in [6, 6.07) is 4.64. The Labute approximate surface area is 124 Å². The molecule has 1 aromatic rings. The second-order valence-corrected chi connectivity index (χ2v) is 5.92. The summed E-state index contributed by atoms with van der Waals surface area (Å²) in [6.07, 6.45) is 1.18. The van der Waals surface area contributed by atoms with Crippen molar-refractivity contribution in [3.8, 4) is 0 Å². The van der Waals surface area contributed by atoms with Crippen LogP contribution in [0.25, 0.3) is 0 Å². The summed E-state index contributed by atoms with van der Waals surface area (Å²) in [5.74, 6) is -0.151. The minimum absolute atomic E-state index is 0.470. The Morgan fingerprint density at radius 2 is 2.29 bits per heavy atom. The average molecular weight is 295 g/mol. The summed E-state index contributed by atoms with van der Waals surface area (Å²) in [6.45, 7) is 8.06. The molecule has 2 rings (SSSR count). The molecule has 116 valence electrons. The Bertz CT molecular complexity index is 508. The average Bonchev–Trinajstić information content (AvgIpc) is 2.87. The van der Waals surface area contributed by atoms with Crippen LogP contribution in [0.4, 0.5) is 10.1 Å². The highest BCUT2D eigenvalue weighted by Crippen LogP contribution is 2.19. The Hall–Kier alpha value is -1.53. The molecule has 0 bridgehead atoms. The largest absolute Gasteiger partial charge is 0.312 e. The molecule has 5 nitrogen and oxygen atoms in total. The Morgan fingerprint density at radius 1 is 1.52 bits per heavy atom. The number of halogens is 1. The summed E-state index contributed by atoms with van der Waals surface area (Å²) in [4.78, 5) is 12.3. The summed E-state index contributed by atoms with van der Waals surface area (Å²) in [5, 5.41) is 13.9. The van der Waals surface area contributed by atoms with Crippen LogP contribution in [0.3, 0.4) is 0 Å². The van der Waals surface area contributed by atoms with E-state index in [0.29, 0.717) is 18.5 Å². The maximum atomic E-state index is 13.5. The first-order chi connectivity index (χ1) is 9.97. The quantitative estimate of drug-likeness (QED) is 0.647. The van der Waals surface area contributed by atoms with Crippen LogP contribution in [0, 0.1) is 21.8 Å². The van der Waals surface area contributed by atoms with Gasteiger partial charge >= 0.3 is 5.69 Å². The third-order valence-electron chi connectivity index (χ3n) is 4.02. The van der Waals surface area contributed by atoms with Crippen molar-refractivity contribution in [2.75, 3.05) is 19.6 Å². The lowest BCUT2D eigenvalue weighted by molar-refractivity contribution is -0.387. The van der Waals surface area contributed by atoms with Gasteiger partial charge in [-0.3, -0.25) is 10.1 Å². The van der Waals surface area contributed by atoms with Crippen molar-refractivity contribution in [1.29, 1.82) is 0 Å². The molecular weight excluding hydrogens is 273 g/mol. The highest BCUT2D eigenvalue weighted by Gasteiger charge is 2.23. The molecule has 0 aliphatic carbocycles. The van der Waals surface area contributed by atoms with Crippen molar-refractivity contribution < 1.29 is 9.31 Å². The number of nitrogens with zero attached hydrogens (tertiary/aromatic N) is 2. The molecule has 0 saturated carbocycles. The molecule has 1 aromatic carbocycles. The van der Waals surface area contributed by atoms with E-state index < -0.39 is 16.4 Å². The molecule has 1 atom stereocenters. The number of likely N-dealkylation sites (tertiary alicyclic amines) is 1. The molecule has 6 heteroatoms. The van der Waals surface area contributed by atoms with Gasteiger partial charge in [-0.2, -0.15) is 4.39 Å². The first kappa shape index (κ1) is 15.9. The standard InChI is InChI=1S/C15H22FN3O2/c1-11(2)18-6-5-13(10-18)9-17-8-12-3-4-15(19(20)21)14(16)7-12/h3-4,7,11,13,17H,5-6,8-10H2,1-2H3. The van der Waals surface area contributed by atoms with Crippen LogP contribution in [-0.2, 0) is 6.54 Å². The third kappa shape index (κ3) is 4.22. The van der Waals surface area contributed by atoms with Gasteiger partial charge in [0.05, 0.1) is 4.92 Å². The summed E-state index contributed by atoms with van der Waals surface area (Å²) in [5.41, 5.74) is 0.263. The van der Waals surface area contributed by atoms with Gasteiger partial charge in [0.25, 0.3) is 0 Å². The van der Waals surface area contributed by atoms with Gasteiger partial charge < -0.3 is 10.2 Å². The number of nitro benzene ring substituents is 1. The molecule has 1 aliphatic rings. The lowest BCUT2D eigenvalue weighted by Gasteiger charge is -2.20. The van der Waals surface area contributed by atoms with E-state index in [2.05, 4.69) is 24.1 Å². The highest BCUT2D eigenvalue weighted by atomic mass is 19.1. The van der Waals surface area contributed by atoms with Gasteiger partial charge in [-0.1, -0.05) is 6.07 Å². The SMILES string of the molecule is CC(C)N1CCC(CNCc2ccc([N+](=O)[O-])c(F)c2)C1. The monoisotopic (exact) mass is 295 g/mol. The first-order valence-electron chi connectivity index (χ1n) is 7.35. The number of hydrogen-bond acceptors (Lipinski definition) is 4. The van der Waals surface area contributed by atoms with Crippen LogP contribution < -0.4 is 5.32 Å². The van der Waals surface area contributed by atoms with Crippen LogP contribution in [-0.4, -0.2) is 35.5 Å². The number of benzene rings is 1. The van der Waals surface area contributed by atoms with Gasteiger partial charge in [0.2, 0.25) is 5.82 Å². The Balaban J connectivity index is 1.79. The van der Waals surface area contributed by atoms with Crippen molar-refractivity contribution in [1.82, 2.24) is 10.2 Å². The van der Waals surface area contributed by atoms with E-state index >= 15 is 0 Å². The van der Waals surface area contributed by atoms with E-state index in [1.807, 2.05) is 0 Å². The van der Waals surface area contributed by atoms with E-state index in [0.717, 1.165) is 25.2 Å². The number of nitrogens with one attached hydrogen (secondary N) is 1. The third-order valence-corrected chi connectivity index (χ3v) is 4.02. The summed E-state index contributed by atoms with van der Waals surface area (Å²) < 4.78 is 13.5. The zero-order chi connectivity index (χ0) is 15.4. The number of nitro groups is 1.